The van der Waals surface area contributed by atoms with Crippen LogP contribution < -0.4 is 0 Å². The van der Waals surface area contributed by atoms with Crippen LogP contribution >= 0.6 is 11.8 Å². The van der Waals surface area contributed by atoms with E-state index in [1.807, 2.05) is 6.26 Å². The van der Waals surface area contributed by atoms with E-state index in [1.165, 1.54) is 12.1 Å². The zero-order valence-corrected chi connectivity index (χ0v) is 9.40. The smallest absolute Gasteiger partial charge is 0.124 e. The Morgan fingerprint density at radius 1 is 1.47 bits per heavy atom. The van der Waals surface area contributed by atoms with Gasteiger partial charge < -0.3 is 5.11 Å². The van der Waals surface area contributed by atoms with E-state index in [-0.39, 0.29) is 12.4 Å². The van der Waals surface area contributed by atoms with Crippen LogP contribution in [0.4, 0.5) is 4.39 Å². The highest BCUT2D eigenvalue weighted by atomic mass is 32.2. The van der Waals surface area contributed by atoms with Gasteiger partial charge in [0.2, 0.25) is 0 Å². The number of hydrogen-bond acceptors (Lipinski definition) is 2. The van der Waals surface area contributed by atoms with Gasteiger partial charge in [-0.25, -0.2) is 4.39 Å². The average Bonchev–Trinajstić information content (AvgIpc) is 2.22. The first-order valence-electron chi connectivity index (χ1n) is 4.65. The molecule has 0 bridgehead atoms. The van der Waals surface area contributed by atoms with Crippen LogP contribution in [0.1, 0.15) is 17.5 Å². The molecule has 1 aromatic carbocycles. The Balaban J connectivity index is 2.92. The molecule has 0 unspecified atom stereocenters. The molecule has 3 heteroatoms. The molecule has 0 spiro atoms. The third-order valence-electron chi connectivity index (χ3n) is 1.83. The van der Waals surface area contributed by atoms with E-state index in [4.69, 9.17) is 5.11 Å². The Morgan fingerprint density at radius 2 is 2.27 bits per heavy atom. The lowest BCUT2D eigenvalue weighted by atomic mass is 10.1. The molecule has 80 valence electrons. The minimum Gasteiger partial charge on any atom is -0.395 e. The summed E-state index contributed by atoms with van der Waals surface area (Å²) in [5.41, 5.74) is 1.76. The summed E-state index contributed by atoms with van der Waals surface area (Å²) in [5, 5.41) is 8.59. The van der Waals surface area contributed by atoms with Crippen molar-refractivity contribution in [2.24, 2.45) is 0 Å². The Hall–Kier alpha value is -0.980. The van der Waals surface area contributed by atoms with Crippen LogP contribution in [0.5, 0.6) is 0 Å². The van der Waals surface area contributed by atoms with Crippen LogP contribution in [-0.4, -0.2) is 18.0 Å². The van der Waals surface area contributed by atoms with Gasteiger partial charge in [-0.3, -0.25) is 0 Å². The maximum atomic E-state index is 13.0. The van der Waals surface area contributed by atoms with Crippen LogP contribution in [0.15, 0.2) is 18.2 Å². The summed E-state index contributed by atoms with van der Waals surface area (Å²) < 4.78 is 13.0. The summed E-state index contributed by atoms with van der Waals surface area (Å²) in [6.45, 7) is 0.0418. The van der Waals surface area contributed by atoms with E-state index in [0.29, 0.717) is 6.42 Å². The Kier molecular flexibility index (Phi) is 5.23. The van der Waals surface area contributed by atoms with Crippen LogP contribution in [0, 0.1) is 17.7 Å². The molecule has 0 aliphatic heterocycles. The van der Waals surface area contributed by atoms with Crippen molar-refractivity contribution in [3.8, 4) is 11.8 Å². The molecule has 0 atom stereocenters. The van der Waals surface area contributed by atoms with E-state index >= 15 is 0 Å². The summed E-state index contributed by atoms with van der Waals surface area (Å²) in [4.78, 5) is 0. The summed E-state index contributed by atoms with van der Waals surface area (Å²) >= 11 is 1.67. The van der Waals surface area contributed by atoms with Gasteiger partial charge in [-0.15, -0.1) is 0 Å². The van der Waals surface area contributed by atoms with Crippen LogP contribution in [0.25, 0.3) is 0 Å². The van der Waals surface area contributed by atoms with Crippen molar-refractivity contribution >= 4 is 11.8 Å². The summed E-state index contributed by atoms with van der Waals surface area (Å²) in [6.07, 6.45) is 2.42. The van der Waals surface area contributed by atoms with Gasteiger partial charge in [0.05, 0.1) is 6.61 Å². The fraction of sp³-hybridized carbons (Fsp3) is 0.333. The summed E-state index contributed by atoms with van der Waals surface area (Å²) in [6, 6.07) is 4.65. The highest BCUT2D eigenvalue weighted by Crippen LogP contribution is 2.15. The first-order valence-corrected chi connectivity index (χ1v) is 6.04. The topological polar surface area (TPSA) is 20.2 Å². The molecular weight excluding hydrogens is 211 g/mol. The second kappa shape index (κ2) is 6.49. The number of hydrogen-bond donors (Lipinski definition) is 1. The van der Waals surface area contributed by atoms with E-state index in [0.717, 1.165) is 16.9 Å². The molecule has 0 aromatic heterocycles. The molecule has 0 aliphatic carbocycles. The van der Waals surface area contributed by atoms with Gasteiger partial charge >= 0.3 is 0 Å². The molecule has 1 rings (SSSR count). The van der Waals surface area contributed by atoms with Gasteiger partial charge in [-0.2, -0.15) is 11.8 Å². The van der Waals surface area contributed by atoms with Crippen molar-refractivity contribution < 1.29 is 9.50 Å². The van der Waals surface area contributed by atoms with Gasteiger partial charge in [-0.1, -0.05) is 17.9 Å². The third kappa shape index (κ3) is 3.94. The Morgan fingerprint density at radius 3 is 2.93 bits per heavy atom. The fourth-order valence-electron chi connectivity index (χ4n) is 1.16. The molecule has 0 saturated carbocycles. The summed E-state index contributed by atoms with van der Waals surface area (Å²) in [5.74, 6) is 6.23. The molecule has 0 heterocycles. The molecule has 1 nitrogen and oxygen atoms in total. The molecule has 0 aliphatic rings. The van der Waals surface area contributed by atoms with Crippen LogP contribution in [0.3, 0.4) is 0 Å². The number of rotatable bonds is 3. The molecule has 1 N–H and O–H groups in total. The molecule has 0 amide bonds. The van der Waals surface area contributed by atoms with Gasteiger partial charge in [0.1, 0.15) is 5.82 Å². The molecule has 0 fully saturated rings. The lowest BCUT2D eigenvalue weighted by Crippen LogP contribution is -1.89. The van der Waals surface area contributed by atoms with E-state index in [1.54, 1.807) is 17.8 Å². The molecule has 1 aromatic rings. The molecule has 0 radical (unpaired) electrons. The predicted molar refractivity (Wildman–Crippen MR) is 62.2 cm³/mol. The van der Waals surface area contributed by atoms with Crippen molar-refractivity contribution in [2.75, 3.05) is 12.9 Å². The minimum atomic E-state index is -0.270. The monoisotopic (exact) mass is 224 g/mol. The van der Waals surface area contributed by atoms with E-state index < -0.39 is 0 Å². The van der Waals surface area contributed by atoms with Crippen molar-refractivity contribution in [1.82, 2.24) is 0 Å². The van der Waals surface area contributed by atoms with E-state index in [2.05, 4.69) is 11.8 Å². The van der Waals surface area contributed by atoms with Crippen molar-refractivity contribution in [1.29, 1.82) is 0 Å². The number of aliphatic hydroxyl groups is 1. The second-order valence-electron chi connectivity index (χ2n) is 3.01. The Labute approximate surface area is 93.7 Å². The molecular formula is C12H13FOS. The third-order valence-corrected chi connectivity index (χ3v) is 2.43. The quantitative estimate of drug-likeness (QED) is 0.796. The average molecular weight is 224 g/mol. The standard InChI is InChI=1S/C12H13FOS/c1-15-9-11-5-6-12(13)8-10(11)4-2-3-7-14/h5-6,8,14H,3,7,9H2,1H3. The molecule has 15 heavy (non-hydrogen) atoms. The SMILES string of the molecule is CSCc1ccc(F)cc1C#CCCO. The zero-order valence-electron chi connectivity index (χ0n) is 8.59. The Bertz CT molecular complexity index is 379. The first kappa shape index (κ1) is 12.1. The van der Waals surface area contributed by atoms with Gasteiger partial charge in [0.15, 0.2) is 0 Å². The summed E-state index contributed by atoms with van der Waals surface area (Å²) in [7, 11) is 0. The maximum Gasteiger partial charge on any atom is 0.124 e. The van der Waals surface area contributed by atoms with Crippen molar-refractivity contribution in [3.05, 3.63) is 35.1 Å². The highest BCUT2D eigenvalue weighted by Gasteiger charge is 2.00. The molecule has 0 saturated heterocycles. The number of halogens is 1. The number of benzene rings is 1. The number of aliphatic hydroxyl groups excluding tert-OH is 1. The maximum absolute atomic E-state index is 13.0. The first-order chi connectivity index (χ1) is 7.27. The zero-order chi connectivity index (χ0) is 11.1. The van der Waals surface area contributed by atoms with Gasteiger partial charge in [-0.05, 0) is 24.0 Å². The van der Waals surface area contributed by atoms with Crippen molar-refractivity contribution in [3.63, 3.8) is 0 Å². The van der Waals surface area contributed by atoms with Crippen molar-refractivity contribution in [2.45, 2.75) is 12.2 Å². The highest BCUT2D eigenvalue weighted by molar-refractivity contribution is 7.97. The van der Waals surface area contributed by atoms with Gasteiger partial charge in [0, 0.05) is 17.7 Å². The lowest BCUT2D eigenvalue weighted by molar-refractivity contribution is 0.305. The van der Waals surface area contributed by atoms with E-state index in [9.17, 15) is 4.39 Å². The number of thioether (sulfide) groups is 1. The lowest BCUT2D eigenvalue weighted by Gasteiger charge is -2.02. The minimum absolute atomic E-state index is 0.0418. The second-order valence-corrected chi connectivity index (χ2v) is 3.88. The predicted octanol–water partition coefficient (Wildman–Crippen LogP) is 2.42. The normalized spacial score (nSPS) is 9.53. The fourth-order valence-corrected chi connectivity index (χ4v) is 1.72. The van der Waals surface area contributed by atoms with Crippen LogP contribution in [-0.2, 0) is 5.75 Å². The largest absolute Gasteiger partial charge is 0.395 e. The van der Waals surface area contributed by atoms with Gasteiger partial charge in [0.25, 0.3) is 0 Å². The van der Waals surface area contributed by atoms with Crippen LogP contribution in [0.2, 0.25) is 0 Å².